The van der Waals surface area contributed by atoms with Crippen LogP contribution in [-0.2, 0) is 9.47 Å². The molecule has 3 fully saturated rings. The average molecular weight is 383 g/mol. The topological polar surface area (TPSA) is 18.5 Å². The van der Waals surface area contributed by atoms with Crippen molar-refractivity contribution in [3.05, 3.63) is 24.3 Å². The largest absolute Gasteiger partial charge is 0.352 e. The minimum Gasteiger partial charge on any atom is -0.352 e. The highest BCUT2D eigenvalue weighted by molar-refractivity contribution is 4.91. The standard InChI is InChI=1S/C23H36F2O2/c1-2-4-17-7-9-18(10-8-17)19-11-13-20(14-12-19)21-15-26-23(27-16-21)6-3-5-22(24)25/h2,4-5,17-21,23H,3,6-16H2,1H3/b4-2+. The lowest BCUT2D eigenvalue weighted by atomic mass is 9.67. The summed E-state index contributed by atoms with van der Waals surface area (Å²) in [7, 11) is 0. The van der Waals surface area contributed by atoms with Gasteiger partial charge < -0.3 is 9.47 Å². The van der Waals surface area contributed by atoms with Gasteiger partial charge in [0.1, 0.15) is 0 Å². The van der Waals surface area contributed by atoms with Gasteiger partial charge in [0.25, 0.3) is 6.08 Å². The van der Waals surface area contributed by atoms with Crippen LogP contribution in [0.25, 0.3) is 0 Å². The lowest BCUT2D eigenvalue weighted by molar-refractivity contribution is -0.212. The second-order valence-corrected chi connectivity index (χ2v) is 8.80. The smallest absolute Gasteiger partial charge is 0.266 e. The molecule has 1 heterocycles. The van der Waals surface area contributed by atoms with E-state index in [0.717, 1.165) is 37.0 Å². The Morgan fingerprint density at radius 3 is 1.85 bits per heavy atom. The SMILES string of the molecule is C/C=C/C1CCC(C2CCC(C3COC(CCC=C(F)F)OC3)CC2)CC1. The van der Waals surface area contributed by atoms with Gasteiger partial charge >= 0.3 is 0 Å². The van der Waals surface area contributed by atoms with Crippen LogP contribution in [0.2, 0.25) is 0 Å². The van der Waals surface area contributed by atoms with Gasteiger partial charge in [-0.3, -0.25) is 0 Å². The predicted octanol–water partition coefficient (Wildman–Crippen LogP) is 6.73. The molecule has 3 aliphatic rings. The molecule has 0 aromatic heterocycles. The highest BCUT2D eigenvalue weighted by Crippen LogP contribution is 2.43. The summed E-state index contributed by atoms with van der Waals surface area (Å²) in [5.74, 6) is 3.89. The fourth-order valence-electron chi connectivity index (χ4n) is 5.49. The second-order valence-electron chi connectivity index (χ2n) is 8.80. The zero-order valence-corrected chi connectivity index (χ0v) is 16.8. The molecule has 1 aliphatic heterocycles. The normalized spacial score (nSPS) is 38.0. The summed E-state index contributed by atoms with van der Waals surface area (Å²) in [6, 6.07) is 0. The number of ether oxygens (including phenoxy) is 2. The van der Waals surface area contributed by atoms with Crippen LogP contribution >= 0.6 is 0 Å². The molecule has 0 aromatic rings. The second kappa shape index (κ2) is 10.7. The zero-order chi connectivity index (χ0) is 19.1. The van der Waals surface area contributed by atoms with Gasteiger partial charge in [-0.15, -0.1) is 0 Å². The Balaban J connectivity index is 1.34. The molecule has 0 amide bonds. The monoisotopic (exact) mass is 382 g/mol. The Hall–Kier alpha value is -0.740. The van der Waals surface area contributed by atoms with Crippen molar-refractivity contribution >= 4 is 0 Å². The van der Waals surface area contributed by atoms with Gasteiger partial charge in [0, 0.05) is 12.3 Å². The molecule has 0 spiro atoms. The molecule has 2 nitrogen and oxygen atoms in total. The minimum atomic E-state index is -1.62. The molecule has 0 bridgehead atoms. The Morgan fingerprint density at radius 1 is 0.815 bits per heavy atom. The van der Waals surface area contributed by atoms with E-state index in [4.69, 9.17) is 9.47 Å². The van der Waals surface area contributed by atoms with Crippen LogP contribution in [0, 0.1) is 29.6 Å². The maximum Gasteiger partial charge on any atom is 0.266 e. The fourth-order valence-corrected chi connectivity index (χ4v) is 5.49. The molecule has 0 N–H and O–H groups in total. The summed E-state index contributed by atoms with van der Waals surface area (Å²) in [6.07, 6.45) is 15.4. The van der Waals surface area contributed by atoms with Gasteiger partial charge in [-0.05, 0) is 94.5 Å². The van der Waals surface area contributed by atoms with E-state index in [0.29, 0.717) is 24.7 Å². The molecule has 0 unspecified atom stereocenters. The molecule has 0 radical (unpaired) electrons. The third kappa shape index (κ3) is 6.39. The molecule has 2 saturated carbocycles. The van der Waals surface area contributed by atoms with E-state index in [1.807, 2.05) is 0 Å². The Morgan fingerprint density at radius 2 is 1.33 bits per heavy atom. The Bertz CT molecular complexity index is 477. The van der Waals surface area contributed by atoms with E-state index in [-0.39, 0.29) is 6.29 Å². The maximum absolute atomic E-state index is 12.1. The molecular formula is C23H36F2O2. The van der Waals surface area contributed by atoms with Crippen molar-refractivity contribution < 1.29 is 18.3 Å². The van der Waals surface area contributed by atoms with Crippen LogP contribution in [0.3, 0.4) is 0 Å². The lowest BCUT2D eigenvalue weighted by Gasteiger charge is -2.41. The minimum absolute atomic E-state index is 0.305. The van der Waals surface area contributed by atoms with E-state index < -0.39 is 6.08 Å². The molecule has 0 atom stereocenters. The average Bonchev–Trinajstić information content (AvgIpc) is 2.69. The first-order chi connectivity index (χ1) is 13.2. The third-order valence-corrected chi connectivity index (χ3v) is 7.12. The van der Waals surface area contributed by atoms with Gasteiger partial charge in [-0.2, -0.15) is 8.78 Å². The van der Waals surface area contributed by atoms with Crippen molar-refractivity contribution in [2.75, 3.05) is 13.2 Å². The molecule has 4 heteroatoms. The van der Waals surface area contributed by atoms with Crippen molar-refractivity contribution in [2.24, 2.45) is 29.6 Å². The number of hydrogen-bond acceptors (Lipinski definition) is 2. The van der Waals surface area contributed by atoms with E-state index in [1.54, 1.807) is 0 Å². The van der Waals surface area contributed by atoms with Crippen molar-refractivity contribution in [2.45, 2.75) is 77.4 Å². The summed E-state index contributed by atoms with van der Waals surface area (Å²) in [4.78, 5) is 0. The summed E-state index contributed by atoms with van der Waals surface area (Å²) in [5, 5.41) is 0. The first kappa shape index (κ1) is 21.0. The van der Waals surface area contributed by atoms with Crippen LogP contribution in [-0.4, -0.2) is 19.5 Å². The molecule has 2 aliphatic carbocycles. The number of rotatable bonds is 6. The lowest BCUT2D eigenvalue weighted by Crippen LogP contribution is -2.38. The first-order valence-corrected chi connectivity index (χ1v) is 11.0. The van der Waals surface area contributed by atoms with Gasteiger partial charge in [-0.1, -0.05) is 12.2 Å². The number of hydrogen-bond donors (Lipinski definition) is 0. The zero-order valence-electron chi connectivity index (χ0n) is 16.8. The summed E-state index contributed by atoms with van der Waals surface area (Å²) >= 11 is 0. The van der Waals surface area contributed by atoms with Crippen molar-refractivity contribution in [1.29, 1.82) is 0 Å². The Labute approximate surface area is 163 Å². The summed E-state index contributed by atoms with van der Waals surface area (Å²) in [6.45, 7) is 3.60. The van der Waals surface area contributed by atoms with E-state index in [2.05, 4.69) is 19.1 Å². The predicted molar refractivity (Wildman–Crippen MR) is 104 cm³/mol. The van der Waals surface area contributed by atoms with Gasteiger partial charge in [0.15, 0.2) is 6.29 Å². The van der Waals surface area contributed by atoms with E-state index in [1.165, 1.54) is 51.4 Å². The van der Waals surface area contributed by atoms with Crippen molar-refractivity contribution in [3.63, 3.8) is 0 Å². The van der Waals surface area contributed by atoms with Crippen LogP contribution in [0.4, 0.5) is 8.78 Å². The van der Waals surface area contributed by atoms with Crippen LogP contribution in [0.5, 0.6) is 0 Å². The molecule has 1 saturated heterocycles. The molecule has 3 rings (SSSR count). The van der Waals surface area contributed by atoms with Gasteiger partial charge in [0.2, 0.25) is 0 Å². The molecule has 0 aromatic carbocycles. The van der Waals surface area contributed by atoms with E-state index in [9.17, 15) is 8.78 Å². The highest BCUT2D eigenvalue weighted by Gasteiger charge is 2.35. The summed E-state index contributed by atoms with van der Waals surface area (Å²) in [5.41, 5.74) is 0. The van der Waals surface area contributed by atoms with Crippen molar-refractivity contribution in [3.8, 4) is 0 Å². The highest BCUT2D eigenvalue weighted by atomic mass is 19.3. The van der Waals surface area contributed by atoms with Crippen LogP contribution < -0.4 is 0 Å². The fraction of sp³-hybridized carbons (Fsp3) is 0.826. The summed E-state index contributed by atoms with van der Waals surface area (Å²) < 4.78 is 35.8. The van der Waals surface area contributed by atoms with Crippen LogP contribution in [0.1, 0.15) is 71.1 Å². The Kier molecular flexibility index (Phi) is 8.32. The molecule has 27 heavy (non-hydrogen) atoms. The number of halogens is 2. The maximum atomic E-state index is 12.1. The van der Waals surface area contributed by atoms with Crippen LogP contribution in [0.15, 0.2) is 24.3 Å². The molecule has 154 valence electrons. The van der Waals surface area contributed by atoms with Crippen molar-refractivity contribution in [1.82, 2.24) is 0 Å². The molecular weight excluding hydrogens is 346 g/mol. The third-order valence-electron chi connectivity index (χ3n) is 7.12. The van der Waals surface area contributed by atoms with Gasteiger partial charge in [-0.25, -0.2) is 0 Å². The quantitative estimate of drug-likeness (QED) is 0.474. The van der Waals surface area contributed by atoms with E-state index >= 15 is 0 Å². The van der Waals surface area contributed by atoms with Gasteiger partial charge in [0.05, 0.1) is 13.2 Å². The first-order valence-electron chi connectivity index (χ1n) is 11.0. The number of allylic oxidation sites excluding steroid dienone is 3.